The first-order chi connectivity index (χ1) is 12.6. The Labute approximate surface area is 150 Å². The average molecular weight is 358 g/mol. The van der Waals surface area contributed by atoms with E-state index in [4.69, 9.17) is 0 Å². The minimum absolute atomic E-state index is 0.124. The Morgan fingerprint density at radius 1 is 1.23 bits per heavy atom. The summed E-state index contributed by atoms with van der Waals surface area (Å²) >= 11 is 0. The first kappa shape index (κ1) is 16.1. The molecule has 1 aliphatic carbocycles. The first-order valence-corrected chi connectivity index (χ1v) is 9.52. The first-order valence-electron chi connectivity index (χ1n) is 9.52. The molecule has 2 unspecified atom stereocenters. The van der Waals surface area contributed by atoms with Crippen LogP contribution in [0.2, 0.25) is 0 Å². The lowest BCUT2D eigenvalue weighted by Crippen LogP contribution is -2.34. The number of rotatable bonds is 2. The number of anilines is 1. The molecule has 2 aromatic rings. The van der Waals surface area contributed by atoms with Gasteiger partial charge >= 0.3 is 5.69 Å². The molecule has 2 atom stereocenters. The highest BCUT2D eigenvalue weighted by Gasteiger charge is 2.37. The van der Waals surface area contributed by atoms with Gasteiger partial charge in [0.15, 0.2) is 0 Å². The second kappa shape index (κ2) is 5.67. The van der Waals surface area contributed by atoms with Crippen molar-refractivity contribution in [3.8, 4) is 0 Å². The Hall–Kier alpha value is -2.15. The molecule has 1 saturated heterocycles. The maximum absolute atomic E-state index is 15.2. The van der Waals surface area contributed by atoms with Crippen LogP contribution >= 0.6 is 0 Å². The monoisotopic (exact) mass is 358 g/mol. The van der Waals surface area contributed by atoms with Gasteiger partial charge in [0.2, 0.25) is 0 Å². The zero-order valence-electron chi connectivity index (χ0n) is 14.8. The number of nitrogens with zero attached hydrogens (tertiary/aromatic N) is 2. The van der Waals surface area contributed by atoms with Crippen molar-refractivity contribution in [3.05, 3.63) is 38.3 Å². The van der Waals surface area contributed by atoms with Crippen molar-refractivity contribution < 1.29 is 4.39 Å². The molecule has 26 heavy (non-hydrogen) atoms. The third-order valence-corrected chi connectivity index (χ3v) is 6.23. The Balaban J connectivity index is 1.83. The van der Waals surface area contributed by atoms with Gasteiger partial charge in [0.25, 0.3) is 5.56 Å². The van der Waals surface area contributed by atoms with Crippen molar-refractivity contribution in [2.45, 2.75) is 56.7 Å². The largest absolute Gasteiger partial charge is 0.364 e. The summed E-state index contributed by atoms with van der Waals surface area (Å²) < 4.78 is 16.9. The van der Waals surface area contributed by atoms with Gasteiger partial charge in [-0.2, -0.15) is 0 Å². The van der Waals surface area contributed by atoms with Gasteiger partial charge < -0.3 is 10.2 Å². The number of aromatic nitrogens is 2. The zero-order valence-corrected chi connectivity index (χ0v) is 14.8. The number of hydrogen-bond donors (Lipinski definition) is 2. The van der Waals surface area contributed by atoms with Crippen molar-refractivity contribution in [2.75, 3.05) is 18.5 Å². The van der Waals surface area contributed by atoms with E-state index in [1.165, 1.54) is 6.07 Å². The van der Waals surface area contributed by atoms with Crippen LogP contribution < -0.4 is 21.5 Å². The van der Waals surface area contributed by atoms with Gasteiger partial charge in [0.1, 0.15) is 5.82 Å². The summed E-state index contributed by atoms with van der Waals surface area (Å²) in [5, 5.41) is 3.61. The number of halogens is 1. The van der Waals surface area contributed by atoms with Crippen LogP contribution in [0.5, 0.6) is 0 Å². The van der Waals surface area contributed by atoms with E-state index < -0.39 is 5.56 Å². The molecule has 2 fully saturated rings. The predicted molar refractivity (Wildman–Crippen MR) is 98.6 cm³/mol. The Morgan fingerprint density at radius 3 is 2.77 bits per heavy atom. The molecule has 1 saturated carbocycles. The molecule has 2 aliphatic heterocycles. The number of likely N-dealkylation sites (N-methyl/N-ethyl adjacent to an activating group) is 1. The molecular formula is C19H23FN4O2. The van der Waals surface area contributed by atoms with Gasteiger partial charge in [-0.1, -0.05) is 0 Å². The van der Waals surface area contributed by atoms with Crippen LogP contribution in [0.4, 0.5) is 10.1 Å². The smallest absolute Gasteiger partial charge is 0.329 e. The summed E-state index contributed by atoms with van der Waals surface area (Å²) in [6.07, 6.45) is 5.51. The average Bonchev–Trinajstić information content (AvgIpc) is 3.39. The fourth-order valence-corrected chi connectivity index (χ4v) is 4.87. The minimum Gasteiger partial charge on any atom is -0.364 e. The number of hydrogen-bond acceptors (Lipinski definition) is 4. The number of nitrogens with one attached hydrogen (secondary N) is 2. The van der Waals surface area contributed by atoms with E-state index in [1.54, 1.807) is 4.57 Å². The molecule has 3 heterocycles. The van der Waals surface area contributed by atoms with E-state index in [9.17, 15) is 9.59 Å². The fraction of sp³-hybridized carbons (Fsp3) is 0.579. The van der Waals surface area contributed by atoms with Crippen LogP contribution in [0.15, 0.2) is 15.7 Å². The highest BCUT2D eigenvalue weighted by atomic mass is 19.1. The van der Waals surface area contributed by atoms with E-state index in [-0.39, 0.29) is 17.5 Å². The lowest BCUT2D eigenvalue weighted by Gasteiger charge is -2.27. The SMILES string of the molecule is CNC1CC2CCCc3c(c(F)cc4c(=O)[nH]c(=O)n(C5CC5)c34)N2C1. The fourth-order valence-electron chi connectivity index (χ4n) is 4.87. The third-order valence-electron chi connectivity index (χ3n) is 6.23. The zero-order chi connectivity index (χ0) is 18.0. The number of aryl methyl sites for hydroxylation is 1. The van der Waals surface area contributed by atoms with E-state index in [1.807, 2.05) is 7.05 Å². The van der Waals surface area contributed by atoms with E-state index in [0.29, 0.717) is 35.1 Å². The maximum Gasteiger partial charge on any atom is 0.329 e. The lowest BCUT2D eigenvalue weighted by atomic mass is 10.0. The van der Waals surface area contributed by atoms with Crippen LogP contribution in [-0.4, -0.2) is 35.2 Å². The van der Waals surface area contributed by atoms with Crippen LogP contribution in [0, 0.1) is 5.82 Å². The topological polar surface area (TPSA) is 70.1 Å². The Kier molecular flexibility index (Phi) is 3.50. The Bertz CT molecular complexity index is 1010. The molecule has 138 valence electrons. The number of H-pyrrole nitrogens is 1. The summed E-state index contributed by atoms with van der Waals surface area (Å²) in [7, 11) is 1.94. The molecule has 0 radical (unpaired) electrons. The van der Waals surface area contributed by atoms with Gasteiger partial charge in [0.05, 0.1) is 16.6 Å². The molecule has 7 heteroatoms. The van der Waals surface area contributed by atoms with Crippen LogP contribution in [0.3, 0.4) is 0 Å². The summed E-state index contributed by atoms with van der Waals surface area (Å²) in [6, 6.07) is 2.11. The number of aromatic amines is 1. The molecular weight excluding hydrogens is 335 g/mol. The van der Waals surface area contributed by atoms with Gasteiger partial charge in [0, 0.05) is 30.2 Å². The quantitative estimate of drug-likeness (QED) is 0.857. The predicted octanol–water partition coefficient (Wildman–Crippen LogP) is 1.67. The van der Waals surface area contributed by atoms with Crippen molar-refractivity contribution in [1.82, 2.24) is 14.9 Å². The number of fused-ring (bicyclic) bond motifs is 5. The Morgan fingerprint density at radius 2 is 2.04 bits per heavy atom. The van der Waals surface area contributed by atoms with Crippen molar-refractivity contribution in [2.24, 2.45) is 0 Å². The lowest BCUT2D eigenvalue weighted by molar-refractivity contribution is 0.547. The molecule has 6 nitrogen and oxygen atoms in total. The second-order valence-corrected chi connectivity index (χ2v) is 7.86. The molecule has 5 rings (SSSR count). The molecule has 0 spiro atoms. The molecule has 0 bridgehead atoms. The molecule has 0 amide bonds. The van der Waals surface area contributed by atoms with Crippen molar-refractivity contribution in [3.63, 3.8) is 0 Å². The van der Waals surface area contributed by atoms with Crippen LogP contribution in [-0.2, 0) is 6.42 Å². The van der Waals surface area contributed by atoms with Crippen LogP contribution in [0.1, 0.15) is 43.7 Å². The van der Waals surface area contributed by atoms with Gasteiger partial charge in [-0.3, -0.25) is 14.3 Å². The highest BCUT2D eigenvalue weighted by molar-refractivity contribution is 5.88. The standard InChI is InChI=1S/C19H23FN4O2/c1-21-10-7-12-3-2-4-13-16-14(8-15(20)17(13)23(12)9-10)18(25)22-19(26)24(16)11-5-6-11/h8,10-12,21H,2-7,9H2,1H3,(H,22,25,26). The molecule has 3 aliphatic rings. The van der Waals surface area contributed by atoms with Gasteiger partial charge in [-0.15, -0.1) is 0 Å². The summed E-state index contributed by atoms with van der Waals surface area (Å²) in [5.74, 6) is -0.345. The second-order valence-electron chi connectivity index (χ2n) is 7.86. The number of benzene rings is 1. The van der Waals surface area contributed by atoms with Crippen LogP contribution in [0.25, 0.3) is 10.9 Å². The highest BCUT2D eigenvalue weighted by Crippen LogP contribution is 2.42. The normalized spacial score (nSPS) is 25.2. The van der Waals surface area contributed by atoms with Crippen molar-refractivity contribution in [1.29, 1.82) is 0 Å². The van der Waals surface area contributed by atoms with Gasteiger partial charge in [-0.05, 0) is 51.6 Å². The van der Waals surface area contributed by atoms with E-state index >= 15 is 4.39 Å². The molecule has 1 aromatic heterocycles. The molecule has 2 N–H and O–H groups in total. The summed E-state index contributed by atoms with van der Waals surface area (Å²) in [6.45, 7) is 0.757. The summed E-state index contributed by atoms with van der Waals surface area (Å²) in [5.41, 5.74) is 1.26. The summed E-state index contributed by atoms with van der Waals surface area (Å²) in [4.78, 5) is 29.4. The van der Waals surface area contributed by atoms with E-state index in [0.717, 1.165) is 44.2 Å². The minimum atomic E-state index is -0.487. The molecule has 1 aromatic carbocycles. The van der Waals surface area contributed by atoms with E-state index in [2.05, 4.69) is 15.2 Å². The third kappa shape index (κ3) is 2.26. The van der Waals surface area contributed by atoms with Gasteiger partial charge in [-0.25, -0.2) is 9.18 Å². The maximum atomic E-state index is 15.2. The van der Waals surface area contributed by atoms with Crippen molar-refractivity contribution >= 4 is 16.6 Å².